The zero-order chi connectivity index (χ0) is 23.6. The number of nitrogens with one attached hydrogen (secondary N) is 1. The summed E-state index contributed by atoms with van der Waals surface area (Å²) in [6.45, 7) is 0.868. The second-order valence-electron chi connectivity index (χ2n) is 7.42. The zero-order valence-electron chi connectivity index (χ0n) is 17.3. The maximum atomic E-state index is 14.4. The van der Waals surface area contributed by atoms with Crippen LogP contribution in [0, 0.1) is 11.6 Å². The van der Waals surface area contributed by atoms with Crippen molar-refractivity contribution < 1.29 is 22.0 Å². The van der Waals surface area contributed by atoms with Crippen LogP contribution < -0.4 is 10.2 Å². The number of nitrogens with zero attached hydrogens (tertiary/aromatic N) is 2. The maximum absolute atomic E-state index is 14.4. The third-order valence-corrected chi connectivity index (χ3v) is 7.96. The Bertz CT molecular complexity index is 1300. The van der Waals surface area contributed by atoms with Gasteiger partial charge in [0.1, 0.15) is 11.6 Å². The molecule has 1 saturated heterocycles. The molecular formula is C23H20BrF2N3O3S. The van der Waals surface area contributed by atoms with E-state index in [1.165, 1.54) is 10.4 Å². The normalized spacial score (nSPS) is 14.8. The Morgan fingerprint density at radius 1 is 0.879 bits per heavy atom. The minimum Gasteiger partial charge on any atom is -0.367 e. The topological polar surface area (TPSA) is 69.7 Å². The summed E-state index contributed by atoms with van der Waals surface area (Å²) < 4.78 is 56.7. The average Bonchev–Trinajstić information content (AvgIpc) is 2.81. The summed E-state index contributed by atoms with van der Waals surface area (Å²) in [4.78, 5) is 14.3. The molecule has 1 aliphatic rings. The van der Waals surface area contributed by atoms with E-state index in [0.29, 0.717) is 28.9 Å². The lowest BCUT2D eigenvalue weighted by Crippen LogP contribution is -2.48. The number of piperazine rings is 1. The predicted octanol–water partition coefficient (Wildman–Crippen LogP) is 4.49. The maximum Gasteiger partial charge on any atom is 0.258 e. The number of benzene rings is 3. The molecule has 33 heavy (non-hydrogen) atoms. The third-order valence-electron chi connectivity index (χ3n) is 5.37. The molecule has 0 unspecified atom stereocenters. The molecule has 0 spiro atoms. The highest BCUT2D eigenvalue weighted by molar-refractivity contribution is 9.10. The van der Waals surface area contributed by atoms with Crippen molar-refractivity contribution in [2.45, 2.75) is 4.90 Å². The molecule has 1 aliphatic heterocycles. The summed E-state index contributed by atoms with van der Waals surface area (Å²) in [6, 6.07) is 16.3. The second kappa shape index (κ2) is 9.58. The molecule has 0 saturated carbocycles. The molecule has 6 nitrogen and oxygen atoms in total. The van der Waals surface area contributed by atoms with Crippen LogP contribution in [0.1, 0.15) is 10.4 Å². The highest BCUT2D eigenvalue weighted by Gasteiger charge is 2.30. The molecule has 10 heteroatoms. The summed E-state index contributed by atoms with van der Waals surface area (Å²) >= 11 is 3.30. The number of hydrogen-bond donors (Lipinski definition) is 1. The van der Waals surface area contributed by atoms with Crippen LogP contribution in [0.5, 0.6) is 0 Å². The minimum absolute atomic E-state index is 0.131. The molecule has 0 aromatic heterocycles. The van der Waals surface area contributed by atoms with Crippen molar-refractivity contribution in [3.05, 3.63) is 88.4 Å². The largest absolute Gasteiger partial charge is 0.367 e. The smallest absolute Gasteiger partial charge is 0.258 e. The van der Waals surface area contributed by atoms with Gasteiger partial charge in [0.2, 0.25) is 10.0 Å². The van der Waals surface area contributed by atoms with Crippen LogP contribution in [0.2, 0.25) is 0 Å². The fourth-order valence-corrected chi connectivity index (χ4v) is 5.45. The Hall–Kier alpha value is -2.82. The van der Waals surface area contributed by atoms with Crippen molar-refractivity contribution in [1.82, 2.24) is 4.31 Å². The van der Waals surface area contributed by atoms with Gasteiger partial charge in [0, 0.05) is 30.7 Å². The van der Waals surface area contributed by atoms with Crippen molar-refractivity contribution in [2.75, 3.05) is 36.4 Å². The van der Waals surface area contributed by atoms with Crippen molar-refractivity contribution in [3.8, 4) is 0 Å². The first-order chi connectivity index (χ1) is 15.8. The van der Waals surface area contributed by atoms with Gasteiger partial charge in [-0.15, -0.1) is 0 Å². The Labute approximate surface area is 199 Å². The van der Waals surface area contributed by atoms with Gasteiger partial charge >= 0.3 is 0 Å². The van der Waals surface area contributed by atoms with E-state index in [4.69, 9.17) is 0 Å². The van der Waals surface area contributed by atoms with Crippen LogP contribution in [0.4, 0.5) is 20.2 Å². The molecule has 0 atom stereocenters. The molecule has 3 aromatic carbocycles. The standard InChI is InChI=1S/C23H20BrF2N3O3S/c24-18-5-1-3-7-21(18)27-23(30)17-15-16(9-10-19(17)25)33(31,32)29-13-11-28(12-14-29)22-8-4-2-6-20(22)26/h1-10,15H,11-14H2,(H,27,30). The molecule has 0 radical (unpaired) electrons. The van der Waals surface area contributed by atoms with Gasteiger partial charge in [-0.3, -0.25) is 4.79 Å². The lowest BCUT2D eigenvalue weighted by Gasteiger charge is -2.35. The van der Waals surface area contributed by atoms with Gasteiger partial charge in [0.15, 0.2) is 0 Å². The number of amides is 1. The Morgan fingerprint density at radius 2 is 1.55 bits per heavy atom. The van der Waals surface area contributed by atoms with Crippen LogP contribution in [-0.2, 0) is 10.0 Å². The Balaban J connectivity index is 1.52. The molecule has 1 amide bonds. The van der Waals surface area contributed by atoms with E-state index in [2.05, 4.69) is 21.2 Å². The molecule has 1 fully saturated rings. The molecule has 1 N–H and O–H groups in total. The van der Waals surface area contributed by atoms with Crippen LogP contribution >= 0.6 is 15.9 Å². The van der Waals surface area contributed by atoms with E-state index in [0.717, 1.165) is 18.2 Å². The van der Waals surface area contributed by atoms with Gasteiger partial charge in [0.05, 0.1) is 21.8 Å². The zero-order valence-corrected chi connectivity index (χ0v) is 19.7. The first-order valence-electron chi connectivity index (χ1n) is 10.1. The van der Waals surface area contributed by atoms with E-state index in [1.807, 2.05) is 0 Å². The van der Waals surface area contributed by atoms with E-state index in [-0.39, 0.29) is 29.4 Å². The predicted molar refractivity (Wildman–Crippen MR) is 126 cm³/mol. The average molecular weight is 536 g/mol. The molecule has 0 bridgehead atoms. The summed E-state index contributed by atoms with van der Waals surface area (Å²) in [7, 11) is -3.97. The van der Waals surface area contributed by atoms with Crippen LogP contribution in [-0.4, -0.2) is 44.8 Å². The third kappa shape index (κ3) is 4.92. The van der Waals surface area contributed by atoms with E-state index >= 15 is 0 Å². The lowest BCUT2D eigenvalue weighted by molar-refractivity contribution is 0.102. The van der Waals surface area contributed by atoms with Crippen LogP contribution in [0.25, 0.3) is 0 Å². The second-order valence-corrected chi connectivity index (χ2v) is 10.2. The van der Waals surface area contributed by atoms with Crippen molar-refractivity contribution in [2.24, 2.45) is 0 Å². The minimum atomic E-state index is -3.97. The number of carbonyl (C=O) groups is 1. The molecule has 3 aromatic rings. The van der Waals surface area contributed by atoms with Gasteiger partial charge in [-0.05, 0) is 58.4 Å². The highest BCUT2D eigenvalue weighted by atomic mass is 79.9. The van der Waals surface area contributed by atoms with Gasteiger partial charge in [-0.25, -0.2) is 17.2 Å². The monoisotopic (exact) mass is 535 g/mol. The Kier molecular flexibility index (Phi) is 6.78. The van der Waals surface area contributed by atoms with E-state index < -0.39 is 21.7 Å². The number of rotatable bonds is 5. The van der Waals surface area contributed by atoms with Gasteiger partial charge in [0.25, 0.3) is 5.91 Å². The van der Waals surface area contributed by atoms with Gasteiger partial charge in [-0.2, -0.15) is 4.31 Å². The first kappa shape index (κ1) is 23.3. The fraction of sp³-hybridized carbons (Fsp3) is 0.174. The SMILES string of the molecule is O=C(Nc1ccccc1Br)c1cc(S(=O)(=O)N2CCN(c3ccccc3F)CC2)ccc1F. The summed E-state index contributed by atoms with van der Waals surface area (Å²) in [5.74, 6) is -1.96. The molecule has 0 aliphatic carbocycles. The summed E-state index contributed by atoms with van der Waals surface area (Å²) in [5, 5.41) is 2.58. The van der Waals surface area contributed by atoms with Crippen molar-refractivity contribution in [3.63, 3.8) is 0 Å². The van der Waals surface area contributed by atoms with Crippen molar-refractivity contribution in [1.29, 1.82) is 0 Å². The highest BCUT2D eigenvalue weighted by Crippen LogP contribution is 2.26. The van der Waals surface area contributed by atoms with Gasteiger partial charge in [-0.1, -0.05) is 24.3 Å². The lowest BCUT2D eigenvalue weighted by atomic mass is 10.2. The van der Waals surface area contributed by atoms with E-state index in [9.17, 15) is 22.0 Å². The number of anilines is 2. The number of sulfonamides is 1. The quantitative estimate of drug-likeness (QED) is 0.522. The molecule has 172 valence electrons. The molecular weight excluding hydrogens is 516 g/mol. The first-order valence-corrected chi connectivity index (χ1v) is 12.4. The van der Waals surface area contributed by atoms with Gasteiger partial charge < -0.3 is 10.2 Å². The van der Waals surface area contributed by atoms with Crippen LogP contribution in [0.15, 0.2) is 76.1 Å². The summed E-state index contributed by atoms with van der Waals surface area (Å²) in [5.41, 5.74) is 0.471. The summed E-state index contributed by atoms with van der Waals surface area (Å²) in [6.07, 6.45) is 0. The molecule has 1 heterocycles. The number of halogens is 3. The Morgan fingerprint density at radius 3 is 2.24 bits per heavy atom. The van der Waals surface area contributed by atoms with Crippen LogP contribution in [0.3, 0.4) is 0 Å². The number of para-hydroxylation sites is 2. The fourth-order valence-electron chi connectivity index (χ4n) is 3.62. The van der Waals surface area contributed by atoms with E-state index in [1.54, 1.807) is 47.4 Å². The number of carbonyl (C=O) groups excluding carboxylic acids is 1. The number of hydrogen-bond acceptors (Lipinski definition) is 4. The van der Waals surface area contributed by atoms with Crippen molar-refractivity contribution >= 4 is 43.2 Å². The molecule has 4 rings (SSSR count).